The summed E-state index contributed by atoms with van der Waals surface area (Å²) in [5.41, 5.74) is 5.34. The summed E-state index contributed by atoms with van der Waals surface area (Å²) in [6.07, 6.45) is 1.05. The van der Waals surface area contributed by atoms with Crippen molar-refractivity contribution < 1.29 is 5.21 Å². The van der Waals surface area contributed by atoms with Crippen LogP contribution in [0.3, 0.4) is 0 Å². The number of fused-ring (bicyclic) bond motifs is 1. The van der Waals surface area contributed by atoms with Gasteiger partial charge < -0.3 is 5.32 Å². The fraction of sp³-hybridized carbons (Fsp3) is 0.250. The minimum atomic E-state index is 0.757. The average Bonchev–Trinajstić information content (AvgIpc) is 2.50. The molecule has 11 heavy (non-hydrogen) atoms. The molecular weight excluding hydrogens is 140 g/mol. The molecule has 0 unspecified atom stereocenters. The Kier molecular flexibility index (Phi) is 1.43. The summed E-state index contributed by atoms with van der Waals surface area (Å²) in [6.45, 7) is 1.00. The van der Waals surface area contributed by atoms with E-state index in [0.717, 1.165) is 18.7 Å². The first-order chi connectivity index (χ1) is 5.40. The van der Waals surface area contributed by atoms with E-state index in [1.54, 1.807) is 0 Å². The summed E-state index contributed by atoms with van der Waals surface area (Å²) in [5, 5.41) is 11.8. The van der Waals surface area contributed by atoms with Gasteiger partial charge in [0.25, 0.3) is 0 Å². The smallest absolute Gasteiger partial charge is 0.0606 e. The molecule has 0 spiro atoms. The lowest BCUT2D eigenvalue weighted by Crippen LogP contribution is -1.90. The standard InChI is InChI=1S/C8H10N2O/c11-10-7-1-2-8-6(5-7)3-4-9-8/h1-2,5,9-11H,3-4H2. The molecule has 0 saturated heterocycles. The van der Waals surface area contributed by atoms with E-state index in [4.69, 9.17) is 5.21 Å². The van der Waals surface area contributed by atoms with Gasteiger partial charge >= 0.3 is 0 Å². The van der Waals surface area contributed by atoms with Crippen LogP contribution in [0.15, 0.2) is 18.2 Å². The first kappa shape index (κ1) is 6.49. The second-order valence-corrected chi connectivity index (χ2v) is 2.66. The lowest BCUT2D eigenvalue weighted by Gasteiger charge is -2.01. The summed E-state index contributed by atoms with van der Waals surface area (Å²) in [6, 6.07) is 5.77. The molecule has 1 aromatic rings. The van der Waals surface area contributed by atoms with Gasteiger partial charge in [0.15, 0.2) is 0 Å². The SMILES string of the molecule is ONc1ccc2c(c1)CCN2. The predicted octanol–water partition coefficient (Wildman–Crippen LogP) is 1.46. The van der Waals surface area contributed by atoms with Crippen LogP contribution in [0.4, 0.5) is 11.4 Å². The van der Waals surface area contributed by atoms with Crippen molar-refractivity contribution in [3.8, 4) is 0 Å². The quantitative estimate of drug-likeness (QED) is 0.531. The second-order valence-electron chi connectivity index (χ2n) is 2.66. The molecule has 0 aliphatic carbocycles. The van der Waals surface area contributed by atoms with Crippen molar-refractivity contribution in [2.75, 3.05) is 17.3 Å². The van der Waals surface area contributed by atoms with Crippen LogP contribution in [-0.2, 0) is 6.42 Å². The molecule has 0 radical (unpaired) electrons. The number of rotatable bonds is 1. The van der Waals surface area contributed by atoms with Gasteiger partial charge in [-0.05, 0) is 30.2 Å². The van der Waals surface area contributed by atoms with Gasteiger partial charge in [-0.1, -0.05) is 0 Å². The molecule has 58 valence electrons. The third kappa shape index (κ3) is 1.03. The molecule has 0 amide bonds. The molecule has 1 aliphatic rings. The minimum absolute atomic E-state index is 0.757. The van der Waals surface area contributed by atoms with Crippen LogP contribution in [0.5, 0.6) is 0 Å². The predicted molar refractivity (Wildman–Crippen MR) is 44.0 cm³/mol. The van der Waals surface area contributed by atoms with Crippen LogP contribution in [0.25, 0.3) is 0 Å². The van der Waals surface area contributed by atoms with Crippen molar-refractivity contribution >= 4 is 11.4 Å². The molecule has 0 aromatic heterocycles. The van der Waals surface area contributed by atoms with Gasteiger partial charge in [0.2, 0.25) is 0 Å². The summed E-state index contributed by atoms with van der Waals surface area (Å²) >= 11 is 0. The zero-order valence-corrected chi connectivity index (χ0v) is 6.09. The van der Waals surface area contributed by atoms with Crippen LogP contribution in [0, 0.1) is 0 Å². The van der Waals surface area contributed by atoms with Gasteiger partial charge in [-0.3, -0.25) is 10.7 Å². The maximum absolute atomic E-state index is 8.60. The normalized spacial score (nSPS) is 13.9. The van der Waals surface area contributed by atoms with E-state index in [1.807, 2.05) is 18.2 Å². The molecule has 1 aromatic carbocycles. The Bertz CT molecular complexity index is 273. The van der Waals surface area contributed by atoms with Crippen LogP contribution >= 0.6 is 0 Å². The number of anilines is 2. The van der Waals surface area contributed by atoms with E-state index >= 15 is 0 Å². The first-order valence-electron chi connectivity index (χ1n) is 3.67. The molecule has 1 heterocycles. The topological polar surface area (TPSA) is 44.3 Å². The van der Waals surface area contributed by atoms with Crippen LogP contribution < -0.4 is 10.8 Å². The van der Waals surface area contributed by atoms with E-state index in [0.29, 0.717) is 0 Å². The molecular formula is C8H10N2O. The molecule has 3 heteroatoms. The van der Waals surface area contributed by atoms with Crippen LogP contribution in [0.2, 0.25) is 0 Å². The highest BCUT2D eigenvalue weighted by atomic mass is 16.5. The van der Waals surface area contributed by atoms with Crippen LogP contribution in [-0.4, -0.2) is 11.8 Å². The number of benzene rings is 1. The van der Waals surface area contributed by atoms with E-state index in [-0.39, 0.29) is 0 Å². The van der Waals surface area contributed by atoms with Gasteiger partial charge in [-0.15, -0.1) is 0 Å². The zero-order chi connectivity index (χ0) is 7.68. The summed E-state index contributed by atoms with van der Waals surface area (Å²) in [5.74, 6) is 0. The monoisotopic (exact) mass is 150 g/mol. The fourth-order valence-corrected chi connectivity index (χ4v) is 1.37. The van der Waals surface area contributed by atoms with Gasteiger partial charge in [0.05, 0.1) is 5.69 Å². The Hall–Kier alpha value is -1.22. The molecule has 1 aliphatic heterocycles. The summed E-state index contributed by atoms with van der Waals surface area (Å²) in [4.78, 5) is 0. The Balaban J connectivity index is 2.41. The van der Waals surface area contributed by atoms with Crippen molar-refractivity contribution in [1.82, 2.24) is 0 Å². The molecule has 0 bridgehead atoms. The van der Waals surface area contributed by atoms with Crippen molar-refractivity contribution in [2.45, 2.75) is 6.42 Å². The van der Waals surface area contributed by atoms with Gasteiger partial charge in [0.1, 0.15) is 0 Å². The molecule has 3 N–H and O–H groups in total. The lowest BCUT2D eigenvalue weighted by molar-refractivity contribution is 0.389. The number of hydrogen-bond donors (Lipinski definition) is 3. The summed E-state index contributed by atoms with van der Waals surface area (Å²) < 4.78 is 0. The average molecular weight is 150 g/mol. The number of hydrogen-bond acceptors (Lipinski definition) is 3. The highest BCUT2D eigenvalue weighted by Gasteiger charge is 2.08. The maximum Gasteiger partial charge on any atom is 0.0606 e. The molecule has 0 saturated carbocycles. The van der Waals surface area contributed by atoms with Gasteiger partial charge in [0, 0.05) is 12.2 Å². The van der Waals surface area contributed by atoms with Crippen LogP contribution in [0.1, 0.15) is 5.56 Å². The minimum Gasteiger partial charge on any atom is -0.384 e. The van der Waals surface area contributed by atoms with E-state index in [2.05, 4.69) is 10.8 Å². The van der Waals surface area contributed by atoms with Crippen molar-refractivity contribution in [1.29, 1.82) is 0 Å². The molecule has 2 rings (SSSR count). The third-order valence-corrected chi connectivity index (χ3v) is 1.94. The van der Waals surface area contributed by atoms with E-state index in [9.17, 15) is 0 Å². The second kappa shape index (κ2) is 2.43. The zero-order valence-electron chi connectivity index (χ0n) is 6.09. The molecule has 0 atom stereocenters. The summed E-state index contributed by atoms with van der Waals surface area (Å²) in [7, 11) is 0. The Morgan fingerprint density at radius 3 is 3.18 bits per heavy atom. The van der Waals surface area contributed by atoms with Crippen molar-refractivity contribution in [3.05, 3.63) is 23.8 Å². The largest absolute Gasteiger partial charge is 0.384 e. The fourth-order valence-electron chi connectivity index (χ4n) is 1.37. The van der Waals surface area contributed by atoms with Gasteiger partial charge in [-0.25, -0.2) is 0 Å². The van der Waals surface area contributed by atoms with E-state index in [1.165, 1.54) is 11.3 Å². The molecule has 3 nitrogen and oxygen atoms in total. The third-order valence-electron chi connectivity index (χ3n) is 1.94. The lowest BCUT2D eigenvalue weighted by atomic mass is 10.1. The molecule has 0 fully saturated rings. The number of nitrogens with one attached hydrogen (secondary N) is 2. The highest BCUT2D eigenvalue weighted by molar-refractivity contribution is 5.61. The van der Waals surface area contributed by atoms with Gasteiger partial charge in [-0.2, -0.15) is 0 Å². The Morgan fingerprint density at radius 1 is 1.45 bits per heavy atom. The first-order valence-corrected chi connectivity index (χ1v) is 3.67. The highest BCUT2D eigenvalue weighted by Crippen LogP contribution is 2.24. The maximum atomic E-state index is 8.60. The van der Waals surface area contributed by atoms with E-state index < -0.39 is 0 Å². The Labute approximate surface area is 65.0 Å². The van der Waals surface area contributed by atoms with Crippen molar-refractivity contribution in [3.63, 3.8) is 0 Å². The van der Waals surface area contributed by atoms with Crippen molar-refractivity contribution in [2.24, 2.45) is 0 Å². The Morgan fingerprint density at radius 2 is 2.36 bits per heavy atom.